The van der Waals surface area contributed by atoms with Gasteiger partial charge >= 0.3 is 0 Å². The monoisotopic (exact) mass is 469 g/mol. The molecule has 0 amide bonds. The summed E-state index contributed by atoms with van der Waals surface area (Å²) in [5, 5.41) is 4.59. The molecule has 7 nitrogen and oxygen atoms in total. The van der Waals surface area contributed by atoms with Crippen LogP contribution in [-0.2, 0) is 17.8 Å². The number of aryl methyl sites for hydroxylation is 1. The quantitative estimate of drug-likeness (QED) is 0.325. The van der Waals surface area contributed by atoms with E-state index in [0.717, 1.165) is 54.3 Å². The molecule has 4 aromatic rings. The molecule has 0 unspecified atom stereocenters. The Bertz CT molecular complexity index is 1330. The van der Waals surface area contributed by atoms with Gasteiger partial charge in [-0.05, 0) is 55.9 Å². The van der Waals surface area contributed by atoms with Gasteiger partial charge in [0.2, 0.25) is 5.95 Å². The average Bonchev–Trinajstić information content (AvgIpc) is 3.27. The molecule has 0 saturated carbocycles. The van der Waals surface area contributed by atoms with E-state index in [4.69, 9.17) is 14.5 Å². The maximum atomic E-state index is 6.00. The van der Waals surface area contributed by atoms with E-state index >= 15 is 0 Å². The minimum absolute atomic E-state index is 0.511. The molecule has 2 aliphatic heterocycles. The highest BCUT2D eigenvalue weighted by Crippen LogP contribution is 2.28. The molecule has 6 rings (SSSR count). The summed E-state index contributed by atoms with van der Waals surface area (Å²) in [6.45, 7) is 3.62. The predicted molar refractivity (Wildman–Crippen MR) is 140 cm³/mol. The zero-order chi connectivity index (χ0) is 24.0. The Morgan fingerprint density at radius 1 is 1.03 bits per heavy atom. The molecule has 1 N–H and O–H groups in total. The van der Waals surface area contributed by atoms with E-state index in [1.54, 1.807) is 13.3 Å². The number of rotatable bonds is 4. The van der Waals surface area contributed by atoms with Crippen molar-refractivity contribution in [1.29, 1.82) is 0 Å². The van der Waals surface area contributed by atoms with Crippen LogP contribution in [0.2, 0.25) is 0 Å². The Hall–Kier alpha value is -3.68. The van der Waals surface area contributed by atoms with Crippen LogP contribution < -0.4 is 10.1 Å². The minimum Gasteiger partial charge on any atom is -0.491 e. The molecule has 0 fully saturated rings. The Morgan fingerprint density at radius 2 is 1.97 bits per heavy atom. The molecular weight excluding hydrogens is 438 g/mol. The van der Waals surface area contributed by atoms with E-state index in [2.05, 4.69) is 75.5 Å². The van der Waals surface area contributed by atoms with Crippen molar-refractivity contribution >= 4 is 22.5 Å². The number of hydrogen-bond donors (Lipinski definition) is 1. The highest BCUT2D eigenvalue weighted by molar-refractivity contribution is 5.85. The van der Waals surface area contributed by atoms with Gasteiger partial charge in [-0.15, -0.1) is 0 Å². The van der Waals surface area contributed by atoms with Gasteiger partial charge in [-0.3, -0.25) is 4.90 Å². The number of nitrogens with zero attached hydrogens (tertiary/aromatic N) is 4. The van der Waals surface area contributed by atoms with Crippen molar-refractivity contribution < 1.29 is 9.47 Å². The largest absolute Gasteiger partial charge is 0.491 e. The van der Waals surface area contributed by atoms with Crippen molar-refractivity contribution in [3.63, 3.8) is 0 Å². The van der Waals surface area contributed by atoms with E-state index in [1.165, 1.54) is 10.9 Å². The molecule has 2 aromatic carbocycles. The van der Waals surface area contributed by atoms with Crippen LogP contribution in [0.5, 0.6) is 5.75 Å². The van der Waals surface area contributed by atoms with E-state index in [9.17, 15) is 0 Å². The lowest BCUT2D eigenvalue weighted by molar-refractivity contribution is 0.145. The second-order valence-corrected chi connectivity index (χ2v) is 8.79. The number of benzene rings is 2. The lowest BCUT2D eigenvalue weighted by Gasteiger charge is -2.19. The number of anilines is 2. The molecule has 0 spiro atoms. The van der Waals surface area contributed by atoms with Gasteiger partial charge in [-0.2, -0.15) is 0 Å². The maximum absolute atomic E-state index is 6.00. The second-order valence-electron chi connectivity index (χ2n) is 8.79. The third kappa shape index (κ3) is 5.53. The number of nitrogens with one attached hydrogen (secondary N) is 1. The van der Waals surface area contributed by atoms with E-state index in [0.29, 0.717) is 19.2 Å². The number of aromatic nitrogens is 3. The first kappa shape index (κ1) is 23.1. The summed E-state index contributed by atoms with van der Waals surface area (Å²) in [4.78, 5) is 11.5. The van der Waals surface area contributed by atoms with Crippen molar-refractivity contribution in [3.8, 4) is 17.0 Å². The SMILES string of the molecule is COCCOc1ccc2cc1CN(C)C/C=C/CCn1ccc3cc(ccc31)-c1ccnc(n1)N2. The van der Waals surface area contributed by atoms with Gasteiger partial charge in [0.25, 0.3) is 0 Å². The number of fused-ring (bicyclic) bond motifs is 6. The smallest absolute Gasteiger partial charge is 0.227 e. The van der Waals surface area contributed by atoms with Crippen molar-refractivity contribution in [2.75, 3.05) is 39.2 Å². The Kier molecular flexibility index (Phi) is 7.07. The molecule has 4 heterocycles. The van der Waals surface area contributed by atoms with Gasteiger partial charge in [0, 0.05) is 66.9 Å². The second kappa shape index (κ2) is 10.7. The third-order valence-electron chi connectivity index (χ3n) is 6.14. The van der Waals surface area contributed by atoms with Crippen LogP contribution in [0.25, 0.3) is 22.2 Å². The van der Waals surface area contributed by atoms with Crippen molar-refractivity contribution in [1.82, 2.24) is 19.4 Å². The number of allylic oxidation sites excluding steroid dienone is 1. The summed E-state index contributed by atoms with van der Waals surface area (Å²) in [6.07, 6.45) is 9.45. The lowest BCUT2D eigenvalue weighted by Crippen LogP contribution is -2.19. The predicted octanol–water partition coefficient (Wildman–Crippen LogP) is 5.26. The van der Waals surface area contributed by atoms with Crippen LogP contribution >= 0.6 is 0 Å². The Morgan fingerprint density at radius 3 is 2.89 bits per heavy atom. The Balaban J connectivity index is 1.50. The van der Waals surface area contributed by atoms with Crippen LogP contribution in [0, 0.1) is 0 Å². The first-order chi connectivity index (χ1) is 17.2. The van der Waals surface area contributed by atoms with Crippen LogP contribution in [0.1, 0.15) is 12.0 Å². The molecule has 8 bridgehead atoms. The van der Waals surface area contributed by atoms with Crippen molar-refractivity contribution in [2.24, 2.45) is 0 Å². The number of hydrogen-bond acceptors (Lipinski definition) is 6. The highest BCUT2D eigenvalue weighted by Gasteiger charge is 2.11. The molecule has 0 aliphatic carbocycles. The van der Waals surface area contributed by atoms with Crippen molar-refractivity contribution in [3.05, 3.63) is 78.6 Å². The first-order valence-corrected chi connectivity index (χ1v) is 12.0. The van der Waals surface area contributed by atoms with Gasteiger partial charge < -0.3 is 19.4 Å². The zero-order valence-electron chi connectivity index (χ0n) is 20.3. The molecule has 0 saturated heterocycles. The molecule has 0 atom stereocenters. The summed E-state index contributed by atoms with van der Waals surface area (Å²) in [7, 11) is 3.80. The number of likely N-dealkylation sites (N-methyl/N-ethyl adjacent to an activating group) is 1. The van der Waals surface area contributed by atoms with Gasteiger partial charge in [0.1, 0.15) is 12.4 Å². The topological polar surface area (TPSA) is 64.4 Å². The fourth-order valence-electron chi connectivity index (χ4n) is 4.36. The van der Waals surface area contributed by atoms with Crippen LogP contribution in [-0.4, -0.2) is 53.4 Å². The summed E-state index contributed by atoms with van der Waals surface area (Å²) < 4.78 is 13.5. The molecule has 7 heteroatoms. The van der Waals surface area contributed by atoms with Gasteiger partial charge in [0.05, 0.1) is 12.3 Å². The van der Waals surface area contributed by atoms with Crippen LogP contribution in [0.3, 0.4) is 0 Å². The normalized spacial score (nSPS) is 15.4. The fourth-order valence-corrected chi connectivity index (χ4v) is 4.36. The van der Waals surface area contributed by atoms with Gasteiger partial charge in [-0.25, -0.2) is 9.97 Å². The highest BCUT2D eigenvalue weighted by atomic mass is 16.5. The average molecular weight is 470 g/mol. The Labute approximate surface area is 206 Å². The zero-order valence-corrected chi connectivity index (χ0v) is 20.3. The van der Waals surface area contributed by atoms with Crippen molar-refractivity contribution in [2.45, 2.75) is 19.5 Å². The summed E-state index contributed by atoms with van der Waals surface area (Å²) in [5.74, 6) is 1.43. The summed E-state index contributed by atoms with van der Waals surface area (Å²) in [5.41, 5.74) is 5.22. The van der Waals surface area contributed by atoms with E-state index in [-0.39, 0.29) is 0 Å². The number of methoxy groups -OCH3 is 1. The van der Waals surface area contributed by atoms with Crippen LogP contribution in [0.4, 0.5) is 11.6 Å². The fraction of sp³-hybridized carbons (Fsp3) is 0.286. The molecule has 180 valence electrons. The standard InChI is InChI=1S/C28H31N5O2/c1-32-13-4-3-5-14-33-15-11-22-18-21(6-8-26(22)33)25-10-12-29-28(31-25)30-24-7-9-27(23(19-24)20-32)35-17-16-34-2/h3-4,6-12,15,18-19H,5,13-14,16-17,20H2,1-2H3,(H,29,30,31)/b4-3+. The maximum Gasteiger partial charge on any atom is 0.227 e. The summed E-state index contributed by atoms with van der Waals surface area (Å²) >= 11 is 0. The van der Waals surface area contributed by atoms with Gasteiger partial charge in [0.15, 0.2) is 0 Å². The first-order valence-electron chi connectivity index (χ1n) is 12.0. The molecule has 2 aliphatic rings. The molecule has 35 heavy (non-hydrogen) atoms. The van der Waals surface area contributed by atoms with Crippen LogP contribution in [0.15, 0.2) is 73.1 Å². The molecule has 2 aromatic heterocycles. The molecule has 0 radical (unpaired) electrons. The van der Waals surface area contributed by atoms with Gasteiger partial charge in [-0.1, -0.05) is 18.2 Å². The lowest BCUT2D eigenvalue weighted by atomic mass is 10.1. The summed E-state index contributed by atoms with van der Waals surface area (Å²) in [6, 6.07) is 16.7. The third-order valence-corrected chi connectivity index (χ3v) is 6.14. The minimum atomic E-state index is 0.511. The van der Waals surface area contributed by atoms with E-state index < -0.39 is 0 Å². The molecular formula is C28H31N5O2. The van der Waals surface area contributed by atoms with E-state index in [1.807, 2.05) is 18.2 Å². The number of ether oxygens (including phenoxy) is 2.